The number of amidine groups is 1. The summed E-state index contributed by atoms with van der Waals surface area (Å²) in [5.74, 6) is 0.243. The van der Waals surface area contributed by atoms with Crippen molar-refractivity contribution < 1.29 is 9.53 Å². The first kappa shape index (κ1) is 20.5. The lowest BCUT2D eigenvalue weighted by atomic mass is 10.2. The number of carbonyl (C=O) groups excluding carboxylic acids is 1. The van der Waals surface area contributed by atoms with E-state index in [0.29, 0.717) is 31.4 Å². The van der Waals surface area contributed by atoms with E-state index in [4.69, 9.17) is 32.9 Å². The number of thioether (sulfide) groups is 1. The van der Waals surface area contributed by atoms with E-state index in [-0.39, 0.29) is 5.91 Å². The Hall–Kier alpha value is -2.73. The van der Waals surface area contributed by atoms with Crippen LogP contribution in [0.5, 0.6) is 5.75 Å². The van der Waals surface area contributed by atoms with Gasteiger partial charge in [0.15, 0.2) is 10.9 Å². The van der Waals surface area contributed by atoms with Crippen molar-refractivity contribution in [3.63, 3.8) is 0 Å². The van der Waals surface area contributed by atoms with Crippen molar-refractivity contribution in [1.29, 1.82) is 0 Å². The van der Waals surface area contributed by atoms with Crippen molar-refractivity contribution in [2.75, 3.05) is 12.0 Å². The highest BCUT2D eigenvalue weighted by Crippen LogP contribution is 2.39. The van der Waals surface area contributed by atoms with Gasteiger partial charge in [-0.2, -0.15) is 0 Å². The molecule has 1 fully saturated rings. The van der Waals surface area contributed by atoms with E-state index in [1.807, 2.05) is 60.7 Å². The van der Waals surface area contributed by atoms with E-state index in [0.717, 1.165) is 11.4 Å². The van der Waals surface area contributed by atoms with Gasteiger partial charge in [-0.1, -0.05) is 59.6 Å². The van der Waals surface area contributed by atoms with Gasteiger partial charge in [-0.25, -0.2) is 4.99 Å². The van der Waals surface area contributed by atoms with Crippen LogP contribution in [-0.4, -0.2) is 18.2 Å². The normalized spacial score (nSPS) is 16.5. The minimum Gasteiger partial charge on any atom is -0.494 e. The molecule has 1 aliphatic heterocycles. The first-order valence-corrected chi connectivity index (χ1v) is 10.6. The Labute approximate surface area is 188 Å². The van der Waals surface area contributed by atoms with Crippen molar-refractivity contribution in [2.24, 2.45) is 4.99 Å². The monoisotopic (exact) mass is 454 g/mol. The van der Waals surface area contributed by atoms with Gasteiger partial charge in [0.05, 0.1) is 33.4 Å². The molecule has 0 radical (unpaired) electrons. The lowest BCUT2D eigenvalue weighted by molar-refractivity contribution is -0.113. The van der Waals surface area contributed by atoms with Gasteiger partial charge in [0.2, 0.25) is 0 Å². The van der Waals surface area contributed by atoms with E-state index in [2.05, 4.69) is 0 Å². The van der Waals surface area contributed by atoms with Crippen LogP contribution in [0.2, 0.25) is 10.0 Å². The molecule has 1 amide bonds. The highest BCUT2D eigenvalue weighted by molar-refractivity contribution is 8.19. The molecular formula is C23H16Cl2N2O2S. The molecule has 0 spiro atoms. The molecule has 0 unspecified atom stereocenters. The van der Waals surface area contributed by atoms with Crippen LogP contribution in [0.1, 0.15) is 5.56 Å². The maximum absolute atomic E-state index is 13.3. The minimum atomic E-state index is -0.163. The summed E-state index contributed by atoms with van der Waals surface area (Å²) in [5, 5.41) is 1.34. The number of para-hydroxylation sites is 2. The first-order chi connectivity index (χ1) is 14.6. The van der Waals surface area contributed by atoms with Gasteiger partial charge in [-0.05, 0) is 59.8 Å². The second-order valence-electron chi connectivity index (χ2n) is 6.33. The Morgan fingerprint density at radius 3 is 2.17 bits per heavy atom. The lowest BCUT2D eigenvalue weighted by Gasteiger charge is -2.15. The number of anilines is 1. The maximum Gasteiger partial charge on any atom is 0.271 e. The van der Waals surface area contributed by atoms with Crippen molar-refractivity contribution in [3.8, 4) is 5.75 Å². The first-order valence-electron chi connectivity index (χ1n) is 9.02. The Morgan fingerprint density at radius 1 is 0.967 bits per heavy atom. The fraction of sp³-hybridized carbons (Fsp3) is 0.0435. The van der Waals surface area contributed by atoms with Crippen LogP contribution < -0.4 is 9.64 Å². The second kappa shape index (κ2) is 8.96. The molecule has 7 heteroatoms. The number of rotatable bonds is 4. The number of methoxy groups -OCH3 is 1. The molecule has 30 heavy (non-hydrogen) atoms. The van der Waals surface area contributed by atoms with Gasteiger partial charge in [0.25, 0.3) is 5.91 Å². The van der Waals surface area contributed by atoms with Crippen molar-refractivity contribution in [1.82, 2.24) is 0 Å². The molecule has 1 heterocycles. The topological polar surface area (TPSA) is 41.9 Å². The zero-order valence-corrected chi connectivity index (χ0v) is 18.2. The SMILES string of the molecule is COc1c(Cl)cc(/C=C2/SC(=Nc3ccccc3)N(c3ccccc3)C2=O)cc1Cl. The predicted molar refractivity (Wildman–Crippen MR) is 126 cm³/mol. The molecule has 150 valence electrons. The van der Waals surface area contributed by atoms with E-state index < -0.39 is 0 Å². The zero-order valence-electron chi connectivity index (χ0n) is 15.9. The Bertz CT molecular complexity index is 1130. The van der Waals surface area contributed by atoms with Gasteiger partial charge in [-0.15, -0.1) is 0 Å². The molecule has 1 aliphatic rings. The number of amides is 1. The third-order valence-electron chi connectivity index (χ3n) is 4.32. The summed E-state index contributed by atoms with van der Waals surface area (Å²) in [6.45, 7) is 0. The fourth-order valence-electron chi connectivity index (χ4n) is 2.98. The third kappa shape index (κ3) is 4.24. The molecule has 4 nitrogen and oxygen atoms in total. The van der Waals surface area contributed by atoms with Crippen LogP contribution in [0.3, 0.4) is 0 Å². The molecule has 0 aliphatic carbocycles. The molecule has 0 saturated carbocycles. The van der Waals surface area contributed by atoms with Gasteiger partial charge < -0.3 is 4.74 Å². The molecule has 0 atom stereocenters. The largest absolute Gasteiger partial charge is 0.494 e. The van der Waals surface area contributed by atoms with Crippen LogP contribution in [0.4, 0.5) is 11.4 Å². The molecule has 0 aromatic heterocycles. The molecule has 4 rings (SSSR count). The number of halogens is 2. The summed E-state index contributed by atoms with van der Waals surface area (Å²) >= 11 is 13.8. The van der Waals surface area contributed by atoms with Gasteiger partial charge in [0.1, 0.15) is 0 Å². The fourth-order valence-corrected chi connectivity index (χ4v) is 4.63. The molecule has 3 aromatic rings. The number of aliphatic imine (C=N–C) groups is 1. The van der Waals surface area contributed by atoms with E-state index in [1.165, 1.54) is 18.9 Å². The van der Waals surface area contributed by atoms with Gasteiger partial charge >= 0.3 is 0 Å². The lowest BCUT2D eigenvalue weighted by Crippen LogP contribution is -2.28. The highest BCUT2D eigenvalue weighted by Gasteiger charge is 2.34. The molecule has 0 N–H and O–H groups in total. The number of hydrogen-bond acceptors (Lipinski definition) is 4. The average molecular weight is 455 g/mol. The predicted octanol–water partition coefficient (Wildman–Crippen LogP) is 6.81. The summed E-state index contributed by atoms with van der Waals surface area (Å²) in [7, 11) is 1.51. The number of ether oxygens (including phenoxy) is 1. The quantitative estimate of drug-likeness (QED) is 0.406. The van der Waals surface area contributed by atoms with Crippen molar-refractivity contribution in [3.05, 3.63) is 93.3 Å². The van der Waals surface area contributed by atoms with Crippen molar-refractivity contribution >= 4 is 63.5 Å². The maximum atomic E-state index is 13.3. The number of hydrogen-bond donors (Lipinski definition) is 0. The van der Waals surface area contributed by atoms with Gasteiger partial charge in [-0.3, -0.25) is 9.69 Å². The second-order valence-corrected chi connectivity index (χ2v) is 8.16. The molecule has 3 aromatic carbocycles. The summed E-state index contributed by atoms with van der Waals surface area (Å²) in [6.07, 6.45) is 1.76. The Balaban J connectivity index is 1.77. The van der Waals surface area contributed by atoms with E-state index in [9.17, 15) is 4.79 Å². The number of nitrogens with zero attached hydrogens (tertiary/aromatic N) is 2. The van der Waals surface area contributed by atoms with E-state index >= 15 is 0 Å². The highest BCUT2D eigenvalue weighted by atomic mass is 35.5. The van der Waals surface area contributed by atoms with Crippen LogP contribution in [0, 0.1) is 0 Å². The van der Waals surface area contributed by atoms with Gasteiger partial charge in [0, 0.05) is 0 Å². The van der Waals surface area contributed by atoms with Crippen LogP contribution in [0.25, 0.3) is 6.08 Å². The van der Waals surface area contributed by atoms with E-state index in [1.54, 1.807) is 23.1 Å². The van der Waals surface area contributed by atoms with Crippen LogP contribution in [0.15, 0.2) is 82.7 Å². The van der Waals surface area contributed by atoms with Crippen LogP contribution >= 0.6 is 35.0 Å². The zero-order chi connectivity index (χ0) is 21.1. The summed E-state index contributed by atoms with van der Waals surface area (Å²) < 4.78 is 5.20. The summed E-state index contributed by atoms with van der Waals surface area (Å²) in [5.41, 5.74) is 2.22. The third-order valence-corrected chi connectivity index (χ3v) is 5.85. The molecular weight excluding hydrogens is 439 g/mol. The Morgan fingerprint density at radius 2 is 1.57 bits per heavy atom. The standard InChI is InChI=1S/C23H16Cl2N2O2S/c1-29-21-18(24)12-15(13-19(21)25)14-20-22(28)27(17-10-6-3-7-11-17)23(30-20)26-16-8-4-2-5-9-16/h2-14H,1H3/b20-14+,26-23?. The molecule has 1 saturated heterocycles. The average Bonchev–Trinajstić information content (AvgIpc) is 3.04. The Kier molecular flexibility index (Phi) is 6.13. The number of carbonyl (C=O) groups is 1. The van der Waals surface area contributed by atoms with Crippen LogP contribution in [-0.2, 0) is 4.79 Å². The van der Waals surface area contributed by atoms with Crippen molar-refractivity contribution in [2.45, 2.75) is 0 Å². The number of benzene rings is 3. The molecule has 0 bridgehead atoms. The summed E-state index contributed by atoms with van der Waals surface area (Å²) in [6, 6.07) is 22.4. The smallest absolute Gasteiger partial charge is 0.271 e. The minimum absolute atomic E-state index is 0.163. The summed E-state index contributed by atoms with van der Waals surface area (Å²) in [4.78, 5) is 20.1.